The van der Waals surface area contributed by atoms with Crippen LogP contribution in [-0.2, 0) is 19.9 Å². The van der Waals surface area contributed by atoms with Gasteiger partial charge in [-0.3, -0.25) is 14.6 Å². The fourth-order valence-electron chi connectivity index (χ4n) is 6.11. The summed E-state index contributed by atoms with van der Waals surface area (Å²) in [7, 11) is 0. The summed E-state index contributed by atoms with van der Waals surface area (Å²) in [4.78, 5) is 48.2. The average molecular weight is 605 g/mol. The van der Waals surface area contributed by atoms with Crippen LogP contribution in [0.5, 0.6) is 0 Å². The summed E-state index contributed by atoms with van der Waals surface area (Å²) in [6.07, 6.45) is -0.965. The molecule has 3 aromatic carbocycles. The van der Waals surface area contributed by atoms with Crippen LogP contribution in [-0.4, -0.2) is 95.7 Å². The van der Waals surface area contributed by atoms with Gasteiger partial charge in [-0.25, -0.2) is 14.5 Å². The summed E-state index contributed by atoms with van der Waals surface area (Å²) in [6, 6.07) is 24.0. The Morgan fingerprint density at radius 3 is 2.00 bits per heavy atom. The Bertz CT molecular complexity index is 1390. The highest BCUT2D eigenvalue weighted by Gasteiger charge is 2.61. The number of aliphatic hydroxyl groups is 1. The summed E-state index contributed by atoms with van der Waals surface area (Å²) < 4.78 is 5.19. The van der Waals surface area contributed by atoms with Crippen molar-refractivity contribution >= 4 is 35.2 Å². The van der Waals surface area contributed by atoms with Gasteiger partial charge in [0.15, 0.2) is 5.54 Å². The molecule has 2 atom stereocenters. The molecule has 2 fully saturated rings. The van der Waals surface area contributed by atoms with E-state index >= 15 is 0 Å². The number of benzene rings is 3. The molecule has 43 heavy (non-hydrogen) atoms. The third-order valence-electron chi connectivity index (χ3n) is 8.20. The number of imide groups is 1. The normalized spacial score (nSPS) is 18.6. The number of halogens is 1. The van der Waals surface area contributed by atoms with Crippen LogP contribution in [0.4, 0.5) is 10.5 Å². The van der Waals surface area contributed by atoms with Crippen molar-refractivity contribution in [2.24, 2.45) is 0 Å². The number of rotatable bonds is 10. The quantitative estimate of drug-likeness (QED) is 0.276. The molecule has 9 nitrogen and oxygen atoms in total. The van der Waals surface area contributed by atoms with Crippen LogP contribution in [0.2, 0.25) is 5.02 Å². The number of ether oxygens (including phenoxy) is 1. The molecule has 2 aliphatic heterocycles. The zero-order chi connectivity index (χ0) is 30.6. The van der Waals surface area contributed by atoms with Gasteiger partial charge in [0.1, 0.15) is 6.04 Å². The first-order chi connectivity index (χ1) is 20.8. The van der Waals surface area contributed by atoms with Crippen molar-refractivity contribution in [1.29, 1.82) is 0 Å². The molecule has 3 amide bonds. The van der Waals surface area contributed by atoms with E-state index in [2.05, 4.69) is 9.80 Å². The molecule has 1 N–H and O–H groups in total. The van der Waals surface area contributed by atoms with E-state index in [4.69, 9.17) is 16.3 Å². The lowest BCUT2D eigenvalue weighted by Crippen LogP contribution is -2.53. The van der Waals surface area contributed by atoms with E-state index in [0.29, 0.717) is 35.8 Å². The first-order valence-corrected chi connectivity index (χ1v) is 15.0. The Kier molecular flexibility index (Phi) is 9.34. The summed E-state index contributed by atoms with van der Waals surface area (Å²) in [5, 5.41) is 12.1. The van der Waals surface area contributed by atoms with E-state index in [-0.39, 0.29) is 13.2 Å². The molecule has 2 heterocycles. The van der Waals surface area contributed by atoms with Crippen molar-refractivity contribution in [2.45, 2.75) is 31.5 Å². The molecule has 0 aliphatic carbocycles. The van der Waals surface area contributed by atoms with Crippen LogP contribution in [0, 0.1) is 0 Å². The second-order valence-electron chi connectivity index (χ2n) is 10.8. The van der Waals surface area contributed by atoms with Gasteiger partial charge in [0.25, 0.3) is 5.91 Å². The largest absolute Gasteiger partial charge is 0.464 e. The van der Waals surface area contributed by atoms with Gasteiger partial charge in [0, 0.05) is 32.7 Å². The number of carbonyl (C=O) groups is 3. The van der Waals surface area contributed by atoms with Gasteiger partial charge in [-0.1, -0.05) is 84.4 Å². The molecule has 0 radical (unpaired) electrons. The number of esters is 1. The molecule has 2 unspecified atom stereocenters. The van der Waals surface area contributed by atoms with Gasteiger partial charge in [0.05, 0.1) is 30.0 Å². The van der Waals surface area contributed by atoms with Crippen LogP contribution in [0.3, 0.4) is 0 Å². The fraction of sp³-hybridized carbons (Fsp3) is 0.364. The molecule has 0 aromatic heterocycles. The van der Waals surface area contributed by atoms with Gasteiger partial charge in [-0.15, -0.1) is 0 Å². The molecule has 3 aromatic rings. The molecular weight excluding hydrogens is 568 g/mol. The number of urea groups is 1. The average Bonchev–Trinajstić information content (AvgIpc) is 3.24. The van der Waals surface area contributed by atoms with Crippen molar-refractivity contribution in [3.8, 4) is 0 Å². The minimum absolute atomic E-state index is 0.119. The predicted octanol–water partition coefficient (Wildman–Crippen LogP) is 3.98. The zero-order valence-electron chi connectivity index (χ0n) is 24.4. The summed E-state index contributed by atoms with van der Waals surface area (Å²) in [5.41, 5.74) is 0.540. The van der Waals surface area contributed by atoms with E-state index in [1.165, 1.54) is 11.8 Å². The topological polar surface area (TPSA) is 93.6 Å². The summed E-state index contributed by atoms with van der Waals surface area (Å²) in [6.45, 7) is 6.34. The number of hydrogen-bond acceptors (Lipinski definition) is 7. The molecule has 10 heteroatoms. The molecule has 0 saturated carbocycles. The third kappa shape index (κ3) is 5.85. The number of aliphatic hydroxyl groups excluding tert-OH is 1. The number of carbonyl (C=O) groups excluding carboxylic acids is 3. The van der Waals surface area contributed by atoms with Crippen LogP contribution < -0.4 is 4.90 Å². The van der Waals surface area contributed by atoms with E-state index < -0.39 is 35.6 Å². The standard InChI is InChI=1S/C33H37ClN4O5/c1-3-43-30(40)24(2)38-31(41)33(25-12-6-4-7-13-25,26-14-8-5-9-15-26)37(32(38)42)23-27(39)22-35-18-20-36(21-19-35)29-17-11-10-16-28(29)34/h4-17,24,27,39H,3,18-23H2,1-2H3. The van der Waals surface area contributed by atoms with E-state index in [9.17, 15) is 19.5 Å². The van der Waals surface area contributed by atoms with E-state index in [1.54, 1.807) is 31.2 Å². The first-order valence-electron chi connectivity index (χ1n) is 14.6. The first kappa shape index (κ1) is 30.5. The lowest BCUT2D eigenvalue weighted by molar-refractivity contribution is -0.151. The van der Waals surface area contributed by atoms with Crippen molar-refractivity contribution < 1.29 is 24.2 Å². The van der Waals surface area contributed by atoms with Crippen LogP contribution in [0.15, 0.2) is 84.9 Å². The molecular formula is C33H37ClN4O5. The number of para-hydroxylation sites is 1. The van der Waals surface area contributed by atoms with Gasteiger partial charge >= 0.3 is 12.0 Å². The fourth-order valence-corrected chi connectivity index (χ4v) is 6.36. The highest BCUT2D eigenvalue weighted by atomic mass is 35.5. The SMILES string of the molecule is CCOC(=O)C(C)N1C(=O)N(CC(O)CN2CCN(c3ccccc3Cl)CC2)C(c2ccccc2)(c2ccccc2)C1=O. The Morgan fingerprint density at radius 1 is 0.884 bits per heavy atom. The van der Waals surface area contributed by atoms with Crippen molar-refractivity contribution in [1.82, 2.24) is 14.7 Å². The lowest BCUT2D eigenvalue weighted by Gasteiger charge is -2.39. The molecule has 2 aliphatic rings. The number of β-amino-alcohol motifs (C(OH)–C–C–N with tert-alkyl or cyclic N) is 1. The number of hydrogen-bond donors (Lipinski definition) is 1. The van der Waals surface area contributed by atoms with Crippen LogP contribution in [0.1, 0.15) is 25.0 Å². The maximum atomic E-state index is 14.5. The summed E-state index contributed by atoms with van der Waals surface area (Å²) >= 11 is 6.40. The Labute approximate surface area is 257 Å². The van der Waals surface area contributed by atoms with Crippen LogP contribution in [0.25, 0.3) is 0 Å². The molecule has 5 rings (SSSR count). The van der Waals surface area contributed by atoms with Crippen molar-refractivity contribution in [2.75, 3.05) is 50.8 Å². The van der Waals surface area contributed by atoms with Crippen LogP contribution >= 0.6 is 11.6 Å². The number of anilines is 1. The highest BCUT2D eigenvalue weighted by molar-refractivity contribution is 6.33. The predicted molar refractivity (Wildman–Crippen MR) is 165 cm³/mol. The highest BCUT2D eigenvalue weighted by Crippen LogP contribution is 2.44. The van der Waals surface area contributed by atoms with Crippen molar-refractivity contribution in [3.63, 3.8) is 0 Å². The minimum Gasteiger partial charge on any atom is -0.464 e. The number of piperazine rings is 1. The van der Waals surface area contributed by atoms with E-state index in [0.717, 1.165) is 23.7 Å². The molecule has 0 bridgehead atoms. The van der Waals surface area contributed by atoms with Crippen molar-refractivity contribution in [3.05, 3.63) is 101 Å². The third-order valence-corrected chi connectivity index (χ3v) is 8.52. The van der Waals surface area contributed by atoms with Gasteiger partial charge < -0.3 is 14.7 Å². The monoisotopic (exact) mass is 604 g/mol. The Morgan fingerprint density at radius 2 is 1.44 bits per heavy atom. The maximum absolute atomic E-state index is 14.5. The Balaban J connectivity index is 1.43. The smallest absolute Gasteiger partial charge is 0.329 e. The number of amides is 3. The Hall–Kier alpha value is -3.92. The lowest BCUT2D eigenvalue weighted by atomic mass is 9.81. The van der Waals surface area contributed by atoms with Gasteiger partial charge in [0.2, 0.25) is 0 Å². The zero-order valence-corrected chi connectivity index (χ0v) is 25.2. The second kappa shape index (κ2) is 13.2. The maximum Gasteiger partial charge on any atom is 0.329 e. The summed E-state index contributed by atoms with van der Waals surface area (Å²) in [5.74, 6) is -1.23. The molecule has 226 valence electrons. The molecule has 0 spiro atoms. The molecule has 2 saturated heterocycles. The minimum atomic E-state index is -1.58. The number of nitrogens with zero attached hydrogens (tertiary/aromatic N) is 4. The van der Waals surface area contributed by atoms with E-state index in [1.807, 2.05) is 60.7 Å². The van der Waals surface area contributed by atoms with Gasteiger partial charge in [-0.2, -0.15) is 0 Å². The van der Waals surface area contributed by atoms with Gasteiger partial charge in [-0.05, 0) is 37.1 Å². The second-order valence-corrected chi connectivity index (χ2v) is 11.2.